The molecule has 3 rings (SSSR count). The molecule has 0 aliphatic carbocycles. The first kappa shape index (κ1) is 17.7. The summed E-state index contributed by atoms with van der Waals surface area (Å²) in [6, 6.07) is 10.0. The molecule has 26 heavy (non-hydrogen) atoms. The highest BCUT2D eigenvalue weighted by Crippen LogP contribution is 2.31. The molecule has 0 atom stereocenters. The zero-order chi connectivity index (χ0) is 18.7. The normalized spacial score (nSPS) is 11.2. The summed E-state index contributed by atoms with van der Waals surface area (Å²) in [4.78, 5) is 11.2. The van der Waals surface area contributed by atoms with Crippen LogP contribution < -0.4 is 15.8 Å². The Labute approximate surface area is 150 Å². The topological polar surface area (TPSA) is 86.0 Å². The first-order chi connectivity index (χ1) is 12.3. The molecule has 0 amide bonds. The van der Waals surface area contributed by atoms with Gasteiger partial charge >= 0.3 is 6.18 Å². The van der Waals surface area contributed by atoms with E-state index in [4.69, 9.17) is 22.1 Å². The zero-order valence-electron chi connectivity index (χ0n) is 13.0. The van der Waals surface area contributed by atoms with E-state index < -0.39 is 11.9 Å². The second-order valence-corrected chi connectivity index (χ2v) is 5.45. The molecule has 10 heteroatoms. The van der Waals surface area contributed by atoms with Gasteiger partial charge in [-0.2, -0.15) is 18.2 Å². The number of aromatic nitrogens is 3. The van der Waals surface area contributed by atoms with Crippen LogP contribution in [0, 0.1) is 0 Å². The Balaban J connectivity index is 1.72. The number of benzene rings is 1. The number of nitrogens with two attached hydrogens (primary N) is 1. The second-order valence-electron chi connectivity index (χ2n) is 5.07. The van der Waals surface area contributed by atoms with Crippen LogP contribution in [0.25, 0.3) is 0 Å². The van der Waals surface area contributed by atoms with Crippen molar-refractivity contribution in [3.05, 3.63) is 59.5 Å². The second kappa shape index (κ2) is 7.04. The molecule has 0 spiro atoms. The van der Waals surface area contributed by atoms with Crippen molar-refractivity contribution in [2.24, 2.45) is 0 Å². The number of nitrogens with one attached hydrogen (secondary N) is 1. The Kier molecular flexibility index (Phi) is 4.81. The van der Waals surface area contributed by atoms with Crippen LogP contribution in [0.4, 0.5) is 30.6 Å². The maximum absolute atomic E-state index is 12.7. The molecule has 2 heterocycles. The van der Waals surface area contributed by atoms with E-state index in [1.807, 2.05) is 0 Å². The molecule has 3 aromatic rings. The predicted octanol–water partition coefficient (Wildman–Crippen LogP) is 4.66. The van der Waals surface area contributed by atoms with Crippen molar-refractivity contribution in [3.8, 4) is 11.5 Å². The molecule has 0 radical (unpaired) electrons. The summed E-state index contributed by atoms with van der Waals surface area (Å²) in [5.41, 5.74) is 5.18. The van der Waals surface area contributed by atoms with Crippen LogP contribution in [0.3, 0.4) is 0 Å². The molecule has 0 fully saturated rings. The minimum absolute atomic E-state index is 0.0268. The number of hydrogen-bond donors (Lipinski definition) is 2. The first-order valence-corrected chi connectivity index (χ1v) is 7.56. The molecule has 0 saturated carbocycles. The van der Waals surface area contributed by atoms with E-state index in [2.05, 4.69) is 20.3 Å². The highest BCUT2D eigenvalue weighted by Gasteiger charge is 2.32. The van der Waals surface area contributed by atoms with Gasteiger partial charge < -0.3 is 15.8 Å². The molecular weight excluding hydrogens is 371 g/mol. The van der Waals surface area contributed by atoms with Gasteiger partial charge in [-0.3, -0.25) is 4.98 Å². The minimum Gasteiger partial charge on any atom is -0.457 e. The van der Waals surface area contributed by atoms with E-state index in [1.165, 1.54) is 12.1 Å². The number of ether oxygens (including phenoxy) is 1. The van der Waals surface area contributed by atoms with Crippen molar-refractivity contribution in [2.75, 3.05) is 11.1 Å². The Morgan fingerprint density at radius 2 is 1.73 bits per heavy atom. The van der Waals surface area contributed by atoms with Gasteiger partial charge in [0.2, 0.25) is 5.95 Å². The van der Waals surface area contributed by atoms with E-state index in [0.717, 1.165) is 12.3 Å². The van der Waals surface area contributed by atoms with Crippen molar-refractivity contribution < 1.29 is 17.9 Å². The summed E-state index contributed by atoms with van der Waals surface area (Å²) in [6.07, 6.45) is -3.50. The van der Waals surface area contributed by atoms with Crippen LogP contribution >= 0.6 is 11.6 Å². The molecular formula is C16H11ClF3N5O. The van der Waals surface area contributed by atoms with Gasteiger partial charge in [-0.1, -0.05) is 11.6 Å². The number of nitrogen functional groups attached to an aromatic ring is 1. The Hall–Kier alpha value is -3.07. The van der Waals surface area contributed by atoms with Gasteiger partial charge in [0.05, 0.1) is 0 Å². The van der Waals surface area contributed by atoms with Crippen molar-refractivity contribution >= 4 is 29.1 Å². The quantitative estimate of drug-likeness (QED) is 0.639. The van der Waals surface area contributed by atoms with Gasteiger partial charge in [-0.05, 0) is 30.3 Å². The largest absolute Gasteiger partial charge is 0.457 e. The molecule has 2 aromatic heterocycles. The van der Waals surface area contributed by atoms with Crippen molar-refractivity contribution in [3.63, 3.8) is 0 Å². The Morgan fingerprint density at radius 3 is 2.38 bits per heavy atom. The van der Waals surface area contributed by atoms with Gasteiger partial charge in [0.15, 0.2) is 0 Å². The monoisotopic (exact) mass is 381 g/mol. The highest BCUT2D eigenvalue weighted by molar-refractivity contribution is 6.29. The summed E-state index contributed by atoms with van der Waals surface area (Å²) < 4.78 is 43.4. The van der Waals surface area contributed by atoms with Gasteiger partial charge in [-0.25, -0.2) is 4.98 Å². The summed E-state index contributed by atoms with van der Waals surface area (Å²) in [5, 5.41) is 3.10. The zero-order valence-corrected chi connectivity index (χ0v) is 13.7. The smallest absolute Gasteiger partial charge is 0.433 e. The number of anilines is 3. The molecule has 1 aromatic carbocycles. The lowest BCUT2D eigenvalue weighted by atomic mass is 10.3. The molecule has 0 unspecified atom stereocenters. The molecule has 3 N–H and O–H groups in total. The standard InChI is InChI=1S/C16H11ClF3N5O/c17-13-8-14(21)25-15(24-13)23-9-1-3-10(4-2-9)26-11-5-6-22-12(7-11)16(18,19)20/h1-8H,(H3,21,23,24,25). The lowest BCUT2D eigenvalue weighted by molar-refractivity contribution is -0.141. The molecule has 134 valence electrons. The summed E-state index contributed by atoms with van der Waals surface area (Å²) >= 11 is 5.80. The summed E-state index contributed by atoms with van der Waals surface area (Å²) in [6.45, 7) is 0. The molecule has 6 nitrogen and oxygen atoms in total. The van der Waals surface area contributed by atoms with E-state index in [-0.39, 0.29) is 22.7 Å². The number of halogens is 4. The average molecular weight is 382 g/mol. The van der Waals surface area contributed by atoms with Gasteiger partial charge in [0.25, 0.3) is 0 Å². The number of nitrogens with zero attached hydrogens (tertiary/aromatic N) is 3. The number of alkyl halides is 3. The third-order valence-corrected chi connectivity index (χ3v) is 3.28. The molecule has 0 aliphatic heterocycles. The fraction of sp³-hybridized carbons (Fsp3) is 0.0625. The van der Waals surface area contributed by atoms with Crippen molar-refractivity contribution in [1.82, 2.24) is 15.0 Å². The van der Waals surface area contributed by atoms with Crippen LogP contribution in [0.15, 0.2) is 48.7 Å². The van der Waals surface area contributed by atoms with E-state index in [0.29, 0.717) is 11.4 Å². The summed E-state index contributed by atoms with van der Waals surface area (Å²) in [7, 11) is 0. The van der Waals surface area contributed by atoms with E-state index in [1.54, 1.807) is 24.3 Å². The van der Waals surface area contributed by atoms with Gasteiger partial charge in [0, 0.05) is 24.0 Å². The van der Waals surface area contributed by atoms with Crippen LogP contribution in [0.2, 0.25) is 5.15 Å². The van der Waals surface area contributed by atoms with E-state index in [9.17, 15) is 13.2 Å². The fourth-order valence-electron chi connectivity index (χ4n) is 1.99. The van der Waals surface area contributed by atoms with Gasteiger partial charge in [-0.15, -0.1) is 0 Å². The maximum atomic E-state index is 12.7. The lowest BCUT2D eigenvalue weighted by Gasteiger charge is -2.10. The summed E-state index contributed by atoms with van der Waals surface area (Å²) in [5.74, 6) is 0.804. The first-order valence-electron chi connectivity index (χ1n) is 7.18. The van der Waals surface area contributed by atoms with Gasteiger partial charge in [0.1, 0.15) is 28.2 Å². The van der Waals surface area contributed by atoms with Crippen LogP contribution in [0.1, 0.15) is 5.69 Å². The van der Waals surface area contributed by atoms with E-state index >= 15 is 0 Å². The lowest BCUT2D eigenvalue weighted by Crippen LogP contribution is -2.07. The van der Waals surface area contributed by atoms with Crippen LogP contribution in [-0.2, 0) is 6.18 Å². The molecule has 0 saturated heterocycles. The number of rotatable bonds is 4. The SMILES string of the molecule is Nc1cc(Cl)nc(Nc2ccc(Oc3ccnc(C(F)(F)F)c3)cc2)n1. The average Bonchev–Trinajstić information content (AvgIpc) is 2.55. The molecule has 0 bridgehead atoms. The fourth-order valence-corrected chi connectivity index (χ4v) is 2.18. The van der Waals surface area contributed by atoms with Crippen molar-refractivity contribution in [2.45, 2.75) is 6.18 Å². The predicted molar refractivity (Wildman–Crippen MR) is 90.5 cm³/mol. The number of pyridine rings is 1. The van der Waals surface area contributed by atoms with Crippen molar-refractivity contribution in [1.29, 1.82) is 0 Å². The Bertz CT molecular complexity index is 898. The third-order valence-electron chi connectivity index (χ3n) is 3.08. The molecule has 0 aliphatic rings. The van der Waals surface area contributed by atoms with Crippen LogP contribution in [0.5, 0.6) is 11.5 Å². The van der Waals surface area contributed by atoms with Crippen LogP contribution in [-0.4, -0.2) is 15.0 Å². The Morgan fingerprint density at radius 1 is 1.00 bits per heavy atom. The maximum Gasteiger partial charge on any atom is 0.433 e. The minimum atomic E-state index is -4.54. The number of hydrogen-bond acceptors (Lipinski definition) is 6. The third kappa shape index (κ3) is 4.51. The highest BCUT2D eigenvalue weighted by atomic mass is 35.5.